The molecule has 0 heterocycles. The third-order valence-electron chi connectivity index (χ3n) is 0.937. The molecule has 0 radical (unpaired) electrons. The Hall–Kier alpha value is -1.27. The van der Waals surface area contributed by atoms with Crippen molar-refractivity contribution >= 4 is 5.78 Å². The molecule has 0 rings (SSSR count). The van der Waals surface area contributed by atoms with Crippen molar-refractivity contribution in [2.24, 2.45) is 5.73 Å². The van der Waals surface area contributed by atoms with Gasteiger partial charge in [-0.1, -0.05) is 20.4 Å². The van der Waals surface area contributed by atoms with Gasteiger partial charge in [0.15, 0.2) is 0 Å². The summed E-state index contributed by atoms with van der Waals surface area (Å²) < 4.78 is 0. The summed E-state index contributed by atoms with van der Waals surface area (Å²) in [5, 5.41) is 2.69. The average Bonchev–Trinajstić information content (AvgIpc) is 2.32. The topological polar surface area (TPSA) is 55.1 Å². The summed E-state index contributed by atoms with van der Waals surface area (Å²) in [6.45, 7) is 9.57. The molecule has 3 heteroatoms. The van der Waals surface area contributed by atoms with Crippen molar-refractivity contribution in [2.75, 3.05) is 13.6 Å². The number of rotatable bonds is 4. The lowest BCUT2D eigenvalue weighted by molar-refractivity contribution is -0.117. The van der Waals surface area contributed by atoms with Gasteiger partial charge >= 0.3 is 0 Å². The Morgan fingerprint density at radius 3 is 1.87 bits per heavy atom. The van der Waals surface area contributed by atoms with Gasteiger partial charge in [0, 0.05) is 13.5 Å². The maximum absolute atomic E-state index is 10.1. The fourth-order valence-electron chi connectivity index (χ4n) is 0.351. The molecule has 90 valence electrons. The van der Waals surface area contributed by atoms with Crippen molar-refractivity contribution < 1.29 is 4.79 Å². The number of terminal acetylenes is 1. The van der Waals surface area contributed by atoms with Crippen LogP contribution < -0.4 is 11.1 Å². The second-order valence-corrected chi connectivity index (χ2v) is 2.09. The summed E-state index contributed by atoms with van der Waals surface area (Å²) in [4.78, 5) is 10.1. The van der Waals surface area contributed by atoms with Crippen LogP contribution in [0.25, 0.3) is 0 Å². The van der Waals surface area contributed by atoms with Crippen LogP contribution in [0, 0.1) is 12.8 Å². The molecule has 3 nitrogen and oxygen atoms in total. The number of carbonyl (C=O) groups excluding carboxylic acids is 1. The molecule has 15 heavy (non-hydrogen) atoms. The van der Waals surface area contributed by atoms with E-state index in [9.17, 15) is 4.79 Å². The van der Waals surface area contributed by atoms with Crippen LogP contribution in [0.3, 0.4) is 0 Å². The molecule has 0 aromatic heterocycles. The summed E-state index contributed by atoms with van der Waals surface area (Å²) in [6.07, 6.45) is 11.1. The van der Waals surface area contributed by atoms with E-state index in [1.165, 1.54) is 0 Å². The van der Waals surface area contributed by atoms with E-state index in [0.717, 1.165) is 6.42 Å². The fourth-order valence-corrected chi connectivity index (χ4v) is 0.351. The smallest absolute Gasteiger partial charge is 0.129 e. The molecule has 0 aromatic carbocycles. The third-order valence-corrected chi connectivity index (χ3v) is 0.937. The number of hydrogen-bond donors (Lipinski definition) is 2. The predicted octanol–water partition coefficient (Wildman–Crippen LogP) is 1.94. The zero-order valence-corrected chi connectivity index (χ0v) is 10.5. The van der Waals surface area contributed by atoms with E-state index >= 15 is 0 Å². The van der Waals surface area contributed by atoms with Gasteiger partial charge in [-0.3, -0.25) is 0 Å². The number of Topliss-reactive ketones (excluding diaryl/α,β-unsaturated/α-hetero) is 1. The highest BCUT2D eigenvalue weighted by Crippen LogP contribution is 1.84. The van der Waals surface area contributed by atoms with Gasteiger partial charge in [0.25, 0.3) is 0 Å². The van der Waals surface area contributed by atoms with Crippen LogP contribution in [-0.4, -0.2) is 19.4 Å². The molecule has 0 spiro atoms. The van der Waals surface area contributed by atoms with Gasteiger partial charge in [0.2, 0.25) is 0 Å². The second kappa shape index (κ2) is 38.7. The molecule has 0 saturated carbocycles. The molecule has 0 fully saturated rings. The van der Waals surface area contributed by atoms with E-state index in [1.807, 2.05) is 20.9 Å². The molecule has 0 aliphatic heterocycles. The molecule has 0 aromatic rings. The monoisotopic (exact) mass is 214 g/mol. The van der Waals surface area contributed by atoms with Gasteiger partial charge in [-0.05, 0) is 26.1 Å². The summed E-state index contributed by atoms with van der Waals surface area (Å²) in [5.74, 6) is 0.227. The van der Waals surface area contributed by atoms with E-state index in [-0.39, 0.29) is 5.78 Å². The number of carbonyl (C=O) groups is 1. The summed E-state index contributed by atoms with van der Waals surface area (Å²) >= 11 is 0. The first kappa shape index (κ1) is 23.5. The zero-order chi connectivity index (χ0) is 13.1. The lowest BCUT2D eigenvalue weighted by Crippen LogP contribution is -2.00. The Bertz CT molecular complexity index is 131. The van der Waals surface area contributed by atoms with Gasteiger partial charge in [-0.15, -0.1) is 12.8 Å². The summed E-state index contributed by atoms with van der Waals surface area (Å²) in [7, 11) is 1.81. The van der Waals surface area contributed by atoms with E-state index in [1.54, 1.807) is 13.1 Å². The zero-order valence-electron chi connectivity index (χ0n) is 10.5. The average molecular weight is 214 g/mol. The minimum Gasteiger partial charge on any atom is -0.394 e. The van der Waals surface area contributed by atoms with E-state index < -0.39 is 0 Å². The lowest BCUT2D eigenvalue weighted by Gasteiger charge is -1.87. The summed E-state index contributed by atoms with van der Waals surface area (Å²) in [5.41, 5.74) is 5.12. The number of nitrogens with one attached hydrogen (secondary N) is 1. The highest BCUT2D eigenvalue weighted by Gasteiger charge is 1.87. The first-order valence-corrected chi connectivity index (χ1v) is 5.00. The van der Waals surface area contributed by atoms with Gasteiger partial charge in [0.1, 0.15) is 5.78 Å². The molecule has 0 bridgehead atoms. The molecule has 3 N–H and O–H groups in total. The van der Waals surface area contributed by atoms with Gasteiger partial charge < -0.3 is 15.8 Å². The predicted molar refractivity (Wildman–Crippen MR) is 69.5 cm³/mol. The van der Waals surface area contributed by atoms with Crippen molar-refractivity contribution in [3.05, 3.63) is 12.8 Å². The van der Waals surface area contributed by atoms with Gasteiger partial charge in [0.05, 0.1) is 0 Å². The van der Waals surface area contributed by atoms with Crippen LogP contribution in [0.5, 0.6) is 0 Å². The first-order chi connectivity index (χ1) is 7.18. The van der Waals surface area contributed by atoms with Crippen LogP contribution in [-0.2, 0) is 4.79 Å². The SMILES string of the molecule is C#C.C=CNC.CC.CC(=O)CCCN. The standard InChI is InChI=1S/C5H11NO.C3H7N.C2H6.C2H2/c1-5(7)3-2-4-6;1-3-4-2;2*1-2/h2-4,6H2,1H3;3-4H,1H2,2H3;1-2H3;1-2H. The quantitative estimate of drug-likeness (QED) is 0.703. The summed E-state index contributed by atoms with van der Waals surface area (Å²) in [6, 6.07) is 0. The fraction of sp³-hybridized carbons (Fsp3) is 0.583. The second-order valence-electron chi connectivity index (χ2n) is 2.09. The van der Waals surface area contributed by atoms with Crippen LogP contribution in [0.2, 0.25) is 0 Å². The minimum atomic E-state index is 0.227. The van der Waals surface area contributed by atoms with Crippen LogP contribution in [0.4, 0.5) is 0 Å². The number of nitrogens with two attached hydrogens (primary N) is 1. The number of ketones is 1. The number of hydrogen-bond acceptors (Lipinski definition) is 3. The Balaban J connectivity index is -0.0000000647. The first-order valence-electron chi connectivity index (χ1n) is 5.00. The largest absolute Gasteiger partial charge is 0.394 e. The normalized spacial score (nSPS) is 6.07. The highest BCUT2D eigenvalue weighted by molar-refractivity contribution is 5.75. The molecule has 0 aliphatic carbocycles. The molecular formula is C12H26N2O. The molecule has 0 amide bonds. The molecule has 0 saturated heterocycles. The molecule has 0 atom stereocenters. The van der Waals surface area contributed by atoms with Crippen LogP contribution in [0.1, 0.15) is 33.6 Å². The van der Waals surface area contributed by atoms with Gasteiger partial charge in [-0.25, -0.2) is 0 Å². The van der Waals surface area contributed by atoms with Crippen molar-refractivity contribution in [3.8, 4) is 12.8 Å². The Morgan fingerprint density at radius 1 is 1.47 bits per heavy atom. The molecule has 0 aliphatic rings. The van der Waals surface area contributed by atoms with E-state index in [2.05, 4.69) is 24.7 Å². The Kier molecular flexibility index (Phi) is 60.6. The Labute approximate surface area is 95.1 Å². The van der Waals surface area contributed by atoms with Crippen LogP contribution in [0.15, 0.2) is 12.8 Å². The molecular weight excluding hydrogens is 188 g/mol. The Morgan fingerprint density at radius 2 is 1.80 bits per heavy atom. The van der Waals surface area contributed by atoms with Crippen molar-refractivity contribution in [2.45, 2.75) is 33.6 Å². The van der Waals surface area contributed by atoms with Gasteiger partial charge in [-0.2, -0.15) is 0 Å². The van der Waals surface area contributed by atoms with E-state index in [0.29, 0.717) is 13.0 Å². The van der Waals surface area contributed by atoms with Crippen molar-refractivity contribution in [1.82, 2.24) is 5.32 Å². The lowest BCUT2D eigenvalue weighted by atomic mass is 10.2. The maximum Gasteiger partial charge on any atom is 0.129 e. The molecule has 0 unspecified atom stereocenters. The van der Waals surface area contributed by atoms with Crippen molar-refractivity contribution in [3.63, 3.8) is 0 Å². The van der Waals surface area contributed by atoms with Crippen molar-refractivity contribution in [1.29, 1.82) is 0 Å². The third kappa shape index (κ3) is 105. The minimum absolute atomic E-state index is 0.227. The van der Waals surface area contributed by atoms with E-state index in [4.69, 9.17) is 5.73 Å². The highest BCUT2D eigenvalue weighted by atomic mass is 16.1. The maximum atomic E-state index is 10.1. The van der Waals surface area contributed by atoms with Crippen LogP contribution >= 0.6 is 0 Å².